The first-order valence-electron chi connectivity index (χ1n) is 21.3. The summed E-state index contributed by atoms with van der Waals surface area (Å²) in [5.41, 5.74) is 2.21. The number of ether oxygens (including phenoxy) is 4. The molecule has 3 rings (SSSR count). The molecule has 336 valence electrons. The van der Waals surface area contributed by atoms with Gasteiger partial charge in [0.15, 0.2) is 0 Å². The summed E-state index contributed by atoms with van der Waals surface area (Å²) >= 11 is 0. The van der Waals surface area contributed by atoms with Gasteiger partial charge in [-0.25, -0.2) is 9.59 Å². The number of anilines is 3. The maximum atomic E-state index is 12.3. The predicted molar refractivity (Wildman–Crippen MR) is 242 cm³/mol. The predicted octanol–water partition coefficient (Wildman–Crippen LogP) is 11.4. The standard InChI is InChI=1S/C46H62N6O10/c1-9-15-17-34(11-3)31-61-43-30-42(49(8)40-22-20-37(51(55)56)28-41(40)52(57)58)44(62-32-35(12-4)18-16-10-2)29-39(43)48-47-38-21-19-36(27-33(38)7)50(23-25-59-45(53)13-5)24-26-60-46(54)14-6/h13-14,19-22,27-30,34-35H,5-6,9-12,15-18,23-26,31-32H2,1-4,7-8H3. The number of carbonyl (C=O) groups excluding carboxylic acids is 2. The molecular weight excluding hydrogens is 797 g/mol. The van der Waals surface area contributed by atoms with Crippen molar-refractivity contribution in [2.75, 3.05) is 56.4 Å². The van der Waals surface area contributed by atoms with Crippen LogP contribution in [0.15, 0.2) is 84.1 Å². The molecule has 0 aromatic heterocycles. The van der Waals surface area contributed by atoms with Crippen molar-refractivity contribution in [1.29, 1.82) is 0 Å². The van der Waals surface area contributed by atoms with E-state index < -0.39 is 33.2 Å². The van der Waals surface area contributed by atoms with Gasteiger partial charge in [0, 0.05) is 43.1 Å². The fourth-order valence-electron chi connectivity index (χ4n) is 6.56. The van der Waals surface area contributed by atoms with Crippen molar-refractivity contribution in [2.45, 2.75) is 86.0 Å². The van der Waals surface area contributed by atoms with Crippen molar-refractivity contribution >= 4 is 51.8 Å². The first kappa shape index (κ1) is 50.0. The number of esters is 2. The lowest BCUT2D eigenvalue weighted by Crippen LogP contribution is -2.32. The number of rotatable bonds is 29. The zero-order valence-electron chi connectivity index (χ0n) is 37.0. The molecule has 3 aromatic rings. The molecule has 0 radical (unpaired) electrons. The zero-order chi connectivity index (χ0) is 45.6. The van der Waals surface area contributed by atoms with Crippen LogP contribution in [0.5, 0.6) is 11.5 Å². The van der Waals surface area contributed by atoms with Gasteiger partial charge in [0.2, 0.25) is 0 Å². The molecule has 0 saturated carbocycles. The average Bonchev–Trinajstić information content (AvgIpc) is 3.27. The van der Waals surface area contributed by atoms with Crippen LogP contribution in [0, 0.1) is 39.0 Å². The van der Waals surface area contributed by atoms with Gasteiger partial charge in [-0.15, -0.1) is 5.11 Å². The molecule has 0 fully saturated rings. The van der Waals surface area contributed by atoms with Crippen molar-refractivity contribution in [3.8, 4) is 11.5 Å². The van der Waals surface area contributed by atoms with Crippen molar-refractivity contribution in [1.82, 2.24) is 0 Å². The lowest BCUT2D eigenvalue weighted by molar-refractivity contribution is -0.393. The van der Waals surface area contributed by atoms with Gasteiger partial charge < -0.3 is 28.7 Å². The van der Waals surface area contributed by atoms with Gasteiger partial charge in [0.1, 0.15) is 36.1 Å². The smallest absolute Gasteiger partial charge is 0.330 e. The van der Waals surface area contributed by atoms with Crippen molar-refractivity contribution in [3.05, 3.63) is 99.6 Å². The van der Waals surface area contributed by atoms with E-state index in [1.165, 1.54) is 12.1 Å². The fourth-order valence-corrected chi connectivity index (χ4v) is 6.56. The number of carbonyl (C=O) groups is 2. The maximum absolute atomic E-state index is 12.3. The lowest BCUT2D eigenvalue weighted by atomic mass is 10.0. The van der Waals surface area contributed by atoms with Gasteiger partial charge in [0.25, 0.3) is 11.4 Å². The SMILES string of the molecule is C=CC(=O)OCCN(CCOC(=O)C=C)c1ccc(N=Nc2cc(OCC(CC)CCCC)c(N(C)c3ccc([N+](=O)[O-])cc3[N+](=O)[O-])cc2OCC(CC)CCCC)c(C)c1. The lowest BCUT2D eigenvalue weighted by Gasteiger charge is -2.25. The first-order chi connectivity index (χ1) is 29.8. The Balaban J connectivity index is 2.16. The molecule has 0 saturated heterocycles. The van der Waals surface area contributed by atoms with Crippen LogP contribution < -0.4 is 19.3 Å². The number of nitro groups is 2. The summed E-state index contributed by atoms with van der Waals surface area (Å²) in [7, 11) is 1.65. The summed E-state index contributed by atoms with van der Waals surface area (Å²) in [5.74, 6) is 0.167. The Kier molecular flexibility index (Phi) is 21.1. The number of nitrogens with zero attached hydrogens (tertiary/aromatic N) is 6. The number of azo groups is 1. The summed E-state index contributed by atoms with van der Waals surface area (Å²) in [5, 5.41) is 33.2. The number of unbranched alkanes of at least 4 members (excludes halogenated alkanes) is 2. The van der Waals surface area contributed by atoms with Crippen LogP contribution in [-0.4, -0.2) is 68.3 Å². The van der Waals surface area contributed by atoms with Gasteiger partial charge in [-0.05, 0) is 61.4 Å². The summed E-state index contributed by atoms with van der Waals surface area (Å²) < 4.78 is 23.5. The molecule has 0 bridgehead atoms. The van der Waals surface area contributed by atoms with E-state index in [1.807, 2.05) is 24.0 Å². The van der Waals surface area contributed by atoms with Crippen LogP contribution in [0.4, 0.5) is 39.8 Å². The fraction of sp³-hybridized carbons (Fsp3) is 0.478. The highest BCUT2D eigenvalue weighted by Crippen LogP contribution is 2.45. The van der Waals surface area contributed by atoms with E-state index in [9.17, 15) is 29.8 Å². The number of non-ortho nitro benzene ring substituents is 1. The van der Waals surface area contributed by atoms with Crippen molar-refractivity contribution in [3.63, 3.8) is 0 Å². The highest BCUT2D eigenvalue weighted by atomic mass is 16.6. The Morgan fingerprint density at radius 1 is 0.742 bits per heavy atom. The molecule has 0 aliphatic rings. The van der Waals surface area contributed by atoms with Crippen LogP contribution in [0.2, 0.25) is 0 Å². The van der Waals surface area contributed by atoms with Gasteiger partial charge >= 0.3 is 11.9 Å². The number of hydrogen-bond acceptors (Lipinski definition) is 14. The Morgan fingerprint density at radius 3 is 1.81 bits per heavy atom. The third kappa shape index (κ3) is 15.3. The van der Waals surface area contributed by atoms with E-state index in [2.05, 4.69) is 46.0 Å². The van der Waals surface area contributed by atoms with E-state index in [4.69, 9.17) is 24.1 Å². The minimum atomic E-state index is -0.667. The second-order valence-electron chi connectivity index (χ2n) is 14.9. The van der Waals surface area contributed by atoms with E-state index in [-0.39, 0.29) is 30.7 Å². The Hall–Kier alpha value is -6.32. The quantitative estimate of drug-likeness (QED) is 0.0211. The third-order valence-corrected chi connectivity index (χ3v) is 10.5. The third-order valence-electron chi connectivity index (χ3n) is 10.5. The van der Waals surface area contributed by atoms with Crippen LogP contribution in [0.25, 0.3) is 0 Å². The van der Waals surface area contributed by atoms with E-state index >= 15 is 0 Å². The minimum absolute atomic E-state index is 0.0750. The van der Waals surface area contributed by atoms with Gasteiger partial charge in [0.05, 0.1) is 53.6 Å². The highest BCUT2D eigenvalue weighted by molar-refractivity contribution is 5.82. The second kappa shape index (κ2) is 26.1. The van der Waals surface area contributed by atoms with Gasteiger partial charge in [-0.1, -0.05) is 79.4 Å². The molecule has 2 unspecified atom stereocenters. The van der Waals surface area contributed by atoms with Crippen molar-refractivity contribution in [2.24, 2.45) is 22.1 Å². The molecule has 0 N–H and O–H groups in total. The van der Waals surface area contributed by atoms with Gasteiger partial charge in [-0.2, -0.15) is 5.11 Å². The molecule has 0 aliphatic heterocycles. The largest absolute Gasteiger partial charge is 0.491 e. The Labute approximate surface area is 364 Å². The van der Waals surface area contributed by atoms with E-state index in [0.29, 0.717) is 54.9 Å². The van der Waals surface area contributed by atoms with E-state index in [0.717, 1.165) is 80.8 Å². The topological polar surface area (TPSA) is 189 Å². The highest BCUT2D eigenvalue weighted by Gasteiger charge is 2.26. The maximum Gasteiger partial charge on any atom is 0.330 e. The van der Waals surface area contributed by atoms with E-state index in [1.54, 1.807) is 30.1 Å². The summed E-state index contributed by atoms with van der Waals surface area (Å²) in [4.78, 5) is 49.5. The molecule has 3 aromatic carbocycles. The number of benzene rings is 3. The average molecular weight is 859 g/mol. The summed E-state index contributed by atoms with van der Waals surface area (Å²) in [6.45, 7) is 18.8. The van der Waals surface area contributed by atoms with Crippen LogP contribution in [0.3, 0.4) is 0 Å². The van der Waals surface area contributed by atoms with Crippen LogP contribution >= 0.6 is 0 Å². The number of hydrogen-bond donors (Lipinski definition) is 0. The summed E-state index contributed by atoms with van der Waals surface area (Å²) in [6, 6.07) is 12.6. The molecule has 62 heavy (non-hydrogen) atoms. The van der Waals surface area contributed by atoms with Crippen LogP contribution in [0.1, 0.15) is 84.6 Å². The zero-order valence-corrected chi connectivity index (χ0v) is 37.0. The minimum Gasteiger partial charge on any atom is -0.491 e. The molecule has 16 heteroatoms. The van der Waals surface area contributed by atoms with Gasteiger partial charge in [-0.3, -0.25) is 20.2 Å². The normalized spacial score (nSPS) is 12.0. The molecule has 0 heterocycles. The number of nitro benzene ring substituents is 2. The Morgan fingerprint density at radius 2 is 1.31 bits per heavy atom. The van der Waals surface area contributed by atoms with Crippen LogP contribution in [-0.2, 0) is 19.1 Å². The molecule has 0 spiro atoms. The van der Waals surface area contributed by atoms with Crippen molar-refractivity contribution < 1.29 is 38.4 Å². The monoisotopic (exact) mass is 858 g/mol. The molecular formula is C46H62N6O10. The summed E-state index contributed by atoms with van der Waals surface area (Å²) in [6.07, 6.45) is 10.1. The second-order valence-corrected chi connectivity index (χ2v) is 14.9. The number of aryl methyl sites for hydroxylation is 1. The molecule has 0 amide bonds. The molecule has 2 atom stereocenters. The first-order valence-corrected chi connectivity index (χ1v) is 21.3. The molecule has 16 nitrogen and oxygen atoms in total. The molecule has 0 aliphatic carbocycles. The Bertz CT molecular complexity index is 2000.